The molecule has 0 aromatic heterocycles. The lowest BCUT2D eigenvalue weighted by Crippen LogP contribution is -2.65. The lowest BCUT2D eigenvalue weighted by molar-refractivity contribution is -0.417. The van der Waals surface area contributed by atoms with Crippen LogP contribution in [0, 0.1) is 0 Å². The molecule has 12 heteroatoms. The van der Waals surface area contributed by atoms with Crippen molar-refractivity contribution in [3.63, 3.8) is 0 Å². The molecule has 0 radical (unpaired) electrons. The molecular formula is C14H20F9NO2. The van der Waals surface area contributed by atoms with Crippen molar-refractivity contribution in [1.29, 1.82) is 0 Å². The molecule has 0 aliphatic heterocycles. The highest BCUT2D eigenvalue weighted by Crippen LogP contribution is 2.53. The zero-order valence-electron chi connectivity index (χ0n) is 14.5. The maximum Gasteiger partial charge on any atom is 0.472 e. The van der Waals surface area contributed by atoms with E-state index in [0.29, 0.717) is 20.6 Å². The molecule has 0 fully saturated rings. The van der Waals surface area contributed by atoms with Crippen LogP contribution in [0.2, 0.25) is 0 Å². The second kappa shape index (κ2) is 8.68. The van der Waals surface area contributed by atoms with Gasteiger partial charge in [-0.2, -0.15) is 39.5 Å². The molecular weight excluding hydrogens is 385 g/mol. The lowest BCUT2D eigenvalue weighted by Gasteiger charge is -2.41. The van der Waals surface area contributed by atoms with Crippen LogP contribution < -0.4 is 0 Å². The van der Waals surface area contributed by atoms with Crippen LogP contribution in [0.25, 0.3) is 0 Å². The molecule has 1 unspecified atom stereocenters. The van der Waals surface area contributed by atoms with Crippen LogP contribution in [-0.2, 0) is 9.47 Å². The fourth-order valence-electron chi connectivity index (χ4n) is 2.01. The predicted octanol–water partition coefficient (Wildman–Crippen LogP) is 5.04. The van der Waals surface area contributed by atoms with E-state index in [4.69, 9.17) is 0 Å². The number of alkyl halides is 6. The molecule has 3 nitrogen and oxygen atoms in total. The fourth-order valence-corrected chi connectivity index (χ4v) is 2.01. The third-order valence-corrected chi connectivity index (χ3v) is 3.75. The first-order valence-electron chi connectivity index (χ1n) is 7.29. The van der Waals surface area contributed by atoms with Crippen LogP contribution >= 0.6 is 0 Å². The second-order valence-electron chi connectivity index (χ2n) is 6.00. The van der Waals surface area contributed by atoms with E-state index in [1.165, 1.54) is 0 Å². The molecule has 0 aliphatic carbocycles. The summed E-state index contributed by atoms with van der Waals surface area (Å²) < 4.78 is 126. The molecule has 0 aromatic carbocycles. The first-order valence-corrected chi connectivity index (χ1v) is 7.29. The molecule has 0 saturated carbocycles. The Morgan fingerprint density at radius 2 is 1.38 bits per heavy atom. The standard InChI is InChI=1S/C14H20F9NO2/c1-11(25-4,7-5-6-8-24(2)3)12(18,19)13(20,21)14(22,23)26-10(17)9(15)16/h5-8H2,1-4H3. The second-order valence-corrected chi connectivity index (χ2v) is 6.00. The van der Waals surface area contributed by atoms with Crippen molar-refractivity contribution in [2.75, 3.05) is 27.7 Å². The van der Waals surface area contributed by atoms with Gasteiger partial charge in [-0.1, -0.05) is 0 Å². The Morgan fingerprint density at radius 3 is 1.77 bits per heavy atom. The Balaban J connectivity index is 5.57. The van der Waals surface area contributed by atoms with Gasteiger partial charge in [0.25, 0.3) is 0 Å². The van der Waals surface area contributed by atoms with Gasteiger partial charge in [-0.3, -0.25) is 0 Å². The number of unbranched alkanes of at least 4 members (excludes halogenated alkanes) is 1. The highest BCUT2D eigenvalue weighted by molar-refractivity contribution is 5.05. The number of ether oxygens (including phenoxy) is 2. The number of halogens is 9. The van der Waals surface area contributed by atoms with Crippen molar-refractivity contribution in [3.8, 4) is 0 Å². The van der Waals surface area contributed by atoms with Gasteiger partial charge in [-0.15, -0.1) is 0 Å². The van der Waals surface area contributed by atoms with Gasteiger partial charge in [0, 0.05) is 7.11 Å². The number of nitrogens with zero attached hydrogens (tertiary/aromatic N) is 1. The molecule has 0 aromatic rings. The number of hydrogen-bond donors (Lipinski definition) is 0. The minimum atomic E-state index is -6.35. The largest absolute Gasteiger partial charge is 0.472 e. The molecule has 0 heterocycles. The Bertz CT molecular complexity index is 493. The molecule has 0 amide bonds. The highest BCUT2D eigenvalue weighted by Gasteiger charge is 2.79. The van der Waals surface area contributed by atoms with Gasteiger partial charge >= 0.3 is 30.0 Å². The quantitative estimate of drug-likeness (QED) is 0.273. The summed E-state index contributed by atoms with van der Waals surface area (Å²) in [5.74, 6) is -11.9. The van der Waals surface area contributed by atoms with Crippen molar-refractivity contribution in [2.45, 2.75) is 49.7 Å². The van der Waals surface area contributed by atoms with Gasteiger partial charge in [-0.25, -0.2) is 0 Å². The lowest BCUT2D eigenvalue weighted by atomic mass is 9.86. The fraction of sp³-hybridized carbons (Fsp3) is 0.857. The molecule has 26 heavy (non-hydrogen) atoms. The maximum absolute atomic E-state index is 14.2. The number of rotatable bonds is 11. The van der Waals surface area contributed by atoms with E-state index < -0.39 is 42.1 Å². The average Bonchev–Trinajstić information content (AvgIpc) is 2.49. The van der Waals surface area contributed by atoms with Crippen molar-refractivity contribution in [3.05, 3.63) is 12.1 Å². The minimum Gasteiger partial charge on any atom is -0.397 e. The van der Waals surface area contributed by atoms with Crippen molar-refractivity contribution < 1.29 is 49.0 Å². The van der Waals surface area contributed by atoms with Crippen molar-refractivity contribution in [2.24, 2.45) is 0 Å². The Morgan fingerprint density at radius 1 is 0.885 bits per heavy atom. The topological polar surface area (TPSA) is 21.7 Å². The summed E-state index contributed by atoms with van der Waals surface area (Å²) in [5, 5.41) is 0. The maximum atomic E-state index is 14.2. The van der Waals surface area contributed by atoms with E-state index in [0.717, 1.165) is 0 Å². The van der Waals surface area contributed by atoms with E-state index >= 15 is 0 Å². The van der Waals surface area contributed by atoms with Gasteiger partial charge < -0.3 is 14.4 Å². The summed E-state index contributed by atoms with van der Waals surface area (Å²) in [6.45, 7) is 0.876. The van der Waals surface area contributed by atoms with Gasteiger partial charge in [0.1, 0.15) is 5.60 Å². The van der Waals surface area contributed by atoms with Crippen LogP contribution in [-0.4, -0.2) is 56.2 Å². The number of methoxy groups -OCH3 is 1. The molecule has 0 aliphatic rings. The van der Waals surface area contributed by atoms with E-state index in [-0.39, 0.29) is 12.8 Å². The first-order chi connectivity index (χ1) is 11.6. The van der Waals surface area contributed by atoms with E-state index in [2.05, 4.69) is 9.47 Å². The molecule has 0 N–H and O–H groups in total. The Labute approximate surface area is 144 Å². The Hall–Kier alpha value is -1.17. The predicted molar refractivity (Wildman–Crippen MR) is 74.1 cm³/mol. The molecule has 0 bridgehead atoms. The SMILES string of the molecule is COC(C)(CCCCN(C)C)C(F)(F)C(F)(F)C(F)(F)OC(F)=C(F)F. The summed E-state index contributed by atoms with van der Waals surface area (Å²) in [7, 11) is 3.95. The third-order valence-electron chi connectivity index (χ3n) is 3.75. The summed E-state index contributed by atoms with van der Waals surface area (Å²) in [4.78, 5) is 1.68. The van der Waals surface area contributed by atoms with E-state index in [1.807, 2.05) is 0 Å². The molecule has 0 rings (SSSR count). The molecule has 0 saturated heterocycles. The van der Waals surface area contributed by atoms with Crippen LogP contribution in [0.5, 0.6) is 0 Å². The Kier molecular flexibility index (Phi) is 8.29. The zero-order chi connectivity index (χ0) is 21.0. The summed E-state index contributed by atoms with van der Waals surface area (Å²) in [5.41, 5.74) is -3.09. The van der Waals surface area contributed by atoms with Crippen LogP contribution in [0.15, 0.2) is 12.1 Å². The van der Waals surface area contributed by atoms with E-state index in [9.17, 15) is 39.5 Å². The normalized spacial score (nSPS) is 15.8. The third kappa shape index (κ3) is 5.18. The summed E-state index contributed by atoms with van der Waals surface area (Å²) in [6.07, 6.45) is -10.3. The van der Waals surface area contributed by atoms with Gasteiger partial charge in [0.2, 0.25) is 0 Å². The van der Waals surface area contributed by atoms with Gasteiger partial charge in [-0.05, 0) is 46.8 Å². The number of hydrogen-bond acceptors (Lipinski definition) is 3. The van der Waals surface area contributed by atoms with Gasteiger partial charge in [0.15, 0.2) is 0 Å². The molecule has 156 valence electrons. The molecule has 1 atom stereocenters. The van der Waals surface area contributed by atoms with Crippen molar-refractivity contribution >= 4 is 0 Å². The first kappa shape index (κ1) is 24.8. The summed E-state index contributed by atoms with van der Waals surface area (Å²) >= 11 is 0. The zero-order valence-corrected chi connectivity index (χ0v) is 14.5. The van der Waals surface area contributed by atoms with Gasteiger partial charge in [0.05, 0.1) is 0 Å². The monoisotopic (exact) mass is 405 g/mol. The van der Waals surface area contributed by atoms with E-state index in [1.54, 1.807) is 19.0 Å². The average molecular weight is 405 g/mol. The van der Waals surface area contributed by atoms with Crippen LogP contribution in [0.3, 0.4) is 0 Å². The minimum absolute atomic E-state index is 0.0893. The summed E-state index contributed by atoms with van der Waals surface area (Å²) in [6, 6.07) is -3.38. The smallest absolute Gasteiger partial charge is 0.397 e. The van der Waals surface area contributed by atoms with Crippen molar-refractivity contribution in [1.82, 2.24) is 4.90 Å². The highest BCUT2D eigenvalue weighted by atomic mass is 19.4. The van der Waals surface area contributed by atoms with Crippen LogP contribution in [0.4, 0.5) is 39.5 Å². The molecule has 0 spiro atoms. The van der Waals surface area contributed by atoms with Crippen LogP contribution in [0.1, 0.15) is 26.2 Å².